The van der Waals surface area contributed by atoms with Crippen LogP contribution in [0.5, 0.6) is 0 Å². The van der Waals surface area contributed by atoms with E-state index < -0.39 is 0 Å². The SMILES string of the molecule is CC1CCCNC12CC2(Br)Br. The van der Waals surface area contributed by atoms with E-state index in [-0.39, 0.29) is 3.23 Å². The number of rotatable bonds is 0. The third-order valence-corrected chi connectivity index (χ3v) is 5.10. The first-order chi connectivity index (χ1) is 5.08. The van der Waals surface area contributed by atoms with E-state index in [9.17, 15) is 0 Å². The Hall–Kier alpha value is 0.920. The molecule has 1 nitrogen and oxygen atoms in total. The van der Waals surface area contributed by atoms with E-state index in [1.54, 1.807) is 0 Å². The van der Waals surface area contributed by atoms with Crippen LogP contribution in [0.4, 0.5) is 0 Å². The molecule has 1 aliphatic carbocycles. The summed E-state index contributed by atoms with van der Waals surface area (Å²) in [5.74, 6) is 0.801. The van der Waals surface area contributed by atoms with Crippen molar-refractivity contribution in [3.05, 3.63) is 0 Å². The molecular weight excluding hydrogens is 270 g/mol. The Morgan fingerprint density at radius 3 is 2.45 bits per heavy atom. The molecule has 1 N–H and O–H groups in total. The van der Waals surface area contributed by atoms with Crippen molar-refractivity contribution >= 4 is 31.9 Å². The van der Waals surface area contributed by atoms with E-state index >= 15 is 0 Å². The van der Waals surface area contributed by atoms with Crippen LogP contribution in [-0.2, 0) is 0 Å². The summed E-state index contributed by atoms with van der Waals surface area (Å²) >= 11 is 7.40. The van der Waals surface area contributed by atoms with Crippen molar-refractivity contribution < 1.29 is 0 Å². The minimum absolute atomic E-state index is 0.201. The lowest BCUT2D eigenvalue weighted by Crippen LogP contribution is -2.46. The minimum Gasteiger partial charge on any atom is -0.309 e. The van der Waals surface area contributed by atoms with E-state index in [4.69, 9.17) is 0 Å². The average Bonchev–Trinajstić information content (AvgIpc) is 2.45. The van der Waals surface area contributed by atoms with Gasteiger partial charge in [0, 0.05) is 5.54 Å². The average molecular weight is 283 g/mol. The summed E-state index contributed by atoms with van der Waals surface area (Å²) in [7, 11) is 0. The molecule has 3 heteroatoms. The Balaban J connectivity index is 2.13. The largest absolute Gasteiger partial charge is 0.309 e. The summed E-state index contributed by atoms with van der Waals surface area (Å²) in [5.41, 5.74) is 0.366. The molecule has 0 aromatic carbocycles. The van der Waals surface area contributed by atoms with Crippen LogP contribution in [0.25, 0.3) is 0 Å². The number of nitrogens with one attached hydrogen (secondary N) is 1. The van der Waals surface area contributed by atoms with Crippen LogP contribution in [-0.4, -0.2) is 15.3 Å². The summed E-state index contributed by atoms with van der Waals surface area (Å²) in [6.45, 7) is 3.53. The first-order valence-electron chi connectivity index (χ1n) is 4.21. The third-order valence-electron chi connectivity index (χ3n) is 3.12. The molecular formula is C8H13Br2N. The van der Waals surface area contributed by atoms with Gasteiger partial charge in [-0.2, -0.15) is 0 Å². The van der Waals surface area contributed by atoms with Gasteiger partial charge in [-0.25, -0.2) is 0 Å². The van der Waals surface area contributed by atoms with Crippen LogP contribution in [0.15, 0.2) is 0 Å². The minimum atomic E-state index is 0.201. The maximum absolute atomic E-state index is 3.70. The fourth-order valence-electron chi connectivity index (χ4n) is 2.17. The second-order valence-corrected chi connectivity index (χ2v) is 7.59. The predicted octanol–water partition coefficient (Wildman–Crippen LogP) is 2.63. The van der Waals surface area contributed by atoms with Gasteiger partial charge in [0.25, 0.3) is 0 Å². The molecule has 64 valence electrons. The van der Waals surface area contributed by atoms with Crippen molar-refractivity contribution in [3.8, 4) is 0 Å². The van der Waals surface area contributed by atoms with Crippen molar-refractivity contribution in [1.82, 2.24) is 5.32 Å². The molecule has 1 aliphatic heterocycles. The van der Waals surface area contributed by atoms with Crippen LogP contribution < -0.4 is 5.32 Å². The Morgan fingerprint density at radius 1 is 1.45 bits per heavy atom. The topological polar surface area (TPSA) is 12.0 Å². The van der Waals surface area contributed by atoms with E-state index in [0.717, 1.165) is 5.92 Å². The fraction of sp³-hybridized carbons (Fsp3) is 1.00. The van der Waals surface area contributed by atoms with Crippen molar-refractivity contribution in [2.24, 2.45) is 5.92 Å². The van der Waals surface area contributed by atoms with Crippen molar-refractivity contribution in [2.45, 2.75) is 35.0 Å². The van der Waals surface area contributed by atoms with Gasteiger partial charge in [0.1, 0.15) is 3.23 Å². The van der Waals surface area contributed by atoms with Gasteiger partial charge in [-0.05, 0) is 31.7 Å². The molecule has 2 fully saturated rings. The Morgan fingerprint density at radius 2 is 2.09 bits per heavy atom. The molecule has 2 atom stereocenters. The van der Waals surface area contributed by atoms with Crippen LogP contribution >= 0.6 is 31.9 Å². The zero-order valence-electron chi connectivity index (χ0n) is 6.66. The Labute approximate surface area is 84.6 Å². The predicted molar refractivity (Wildman–Crippen MR) is 54.3 cm³/mol. The molecule has 2 rings (SSSR count). The molecule has 0 bridgehead atoms. The second-order valence-electron chi connectivity index (χ2n) is 3.82. The normalized spacial score (nSPS) is 47.7. The highest BCUT2D eigenvalue weighted by atomic mass is 79.9. The van der Waals surface area contributed by atoms with Crippen LogP contribution in [0, 0.1) is 5.92 Å². The molecule has 0 aromatic heterocycles. The quantitative estimate of drug-likeness (QED) is 0.674. The van der Waals surface area contributed by atoms with E-state index in [0.29, 0.717) is 5.54 Å². The smallest absolute Gasteiger partial charge is 0.101 e. The van der Waals surface area contributed by atoms with Crippen molar-refractivity contribution in [1.29, 1.82) is 0 Å². The van der Waals surface area contributed by atoms with E-state index in [1.165, 1.54) is 25.8 Å². The molecule has 0 aromatic rings. The highest BCUT2D eigenvalue weighted by Gasteiger charge is 2.67. The van der Waals surface area contributed by atoms with Crippen LogP contribution in [0.2, 0.25) is 0 Å². The molecule has 1 heterocycles. The molecule has 1 saturated carbocycles. The summed E-state index contributed by atoms with van der Waals surface area (Å²) in [4.78, 5) is 0. The molecule has 1 spiro atoms. The summed E-state index contributed by atoms with van der Waals surface area (Å²) < 4.78 is 0.201. The number of hydrogen-bond donors (Lipinski definition) is 1. The van der Waals surface area contributed by atoms with Gasteiger partial charge in [-0.15, -0.1) is 0 Å². The van der Waals surface area contributed by atoms with E-state index in [2.05, 4.69) is 44.1 Å². The van der Waals surface area contributed by atoms with Crippen LogP contribution in [0.1, 0.15) is 26.2 Å². The summed E-state index contributed by atoms with van der Waals surface area (Å²) in [6, 6.07) is 0. The highest BCUT2D eigenvalue weighted by Crippen LogP contribution is 2.64. The first-order valence-corrected chi connectivity index (χ1v) is 5.80. The number of alkyl halides is 2. The lowest BCUT2D eigenvalue weighted by molar-refractivity contribution is 0.281. The monoisotopic (exact) mass is 281 g/mol. The third kappa shape index (κ3) is 1.11. The molecule has 11 heavy (non-hydrogen) atoms. The summed E-state index contributed by atoms with van der Waals surface area (Å²) in [6.07, 6.45) is 3.92. The number of piperidine rings is 1. The van der Waals surface area contributed by atoms with Crippen molar-refractivity contribution in [2.75, 3.05) is 6.54 Å². The molecule has 1 saturated heterocycles. The first kappa shape index (κ1) is 8.52. The molecule has 0 radical (unpaired) electrons. The van der Waals surface area contributed by atoms with Gasteiger partial charge < -0.3 is 5.32 Å². The lowest BCUT2D eigenvalue weighted by atomic mass is 9.90. The maximum Gasteiger partial charge on any atom is 0.101 e. The van der Waals surface area contributed by atoms with Gasteiger partial charge in [-0.1, -0.05) is 38.8 Å². The fourth-order valence-corrected chi connectivity index (χ4v) is 4.12. The molecule has 2 unspecified atom stereocenters. The van der Waals surface area contributed by atoms with Gasteiger partial charge in [0.2, 0.25) is 0 Å². The summed E-state index contributed by atoms with van der Waals surface area (Å²) in [5, 5.41) is 3.62. The zero-order chi connectivity index (χ0) is 8.11. The Bertz CT molecular complexity index is 181. The van der Waals surface area contributed by atoms with Gasteiger partial charge in [0.05, 0.1) is 0 Å². The highest BCUT2D eigenvalue weighted by molar-refractivity contribution is 9.25. The number of halogens is 2. The van der Waals surface area contributed by atoms with Gasteiger partial charge >= 0.3 is 0 Å². The van der Waals surface area contributed by atoms with Gasteiger partial charge in [0.15, 0.2) is 0 Å². The van der Waals surface area contributed by atoms with Crippen LogP contribution in [0.3, 0.4) is 0 Å². The Kier molecular flexibility index (Phi) is 1.90. The maximum atomic E-state index is 3.70. The lowest BCUT2D eigenvalue weighted by Gasteiger charge is -2.32. The second kappa shape index (κ2) is 2.46. The number of hydrogen-bond acceptors (Lipinski definition) is 1. The molecule has 0 amide bonds. The van der Waals surface area contributed by atoms with E-state index in [1.807, 2.05) is 0 Å². The van der Waals surface area contributed by atoms with Crippen molar-refractivity contribution in [3.63, 3.8) is 0 Å². The standard InChI is InChI=1S/C8H13Br2N/c1-6-3-2-4-11-7(6)5-8(7,9)10/h6,11H,2-5H2,1H3. The zero-order valence-corrected chi connectivity index (χ0v) is 9.83. The van der Waals surface area contributed by atoms with Gasteiger partial charge in [-0.3, -0.25) is 0 Å². The molecule has 2 aliphatic rings.